The zero-order chi connectivity index (χ0) is 21.3. The lowest BCUT2D eigenvalue weighted by Gasteiger charge is -2.22. The topological polar surface area (TPSA) is 88.6 Å². The maximum absolute atomic E-state index is 13.9. The molecule has 1 amide bonds. The second-order valence-corrected chi connectivity index (χ2v) is 10.5. The van der Waals surface area contributed by atoms with Crippen LogP contribution >= 0.6 is 22.7 Å². The normalized spacial score (nSPS) is 17.2. The van der Waals surface area contributed by atoms with Crippen molar-refractivity contribution < 1.29 is 22.3 Å². The highest BCUT2D eigenvalue weighted by atomic mass is 32.2. The molecule has 158 valence electrons. The van der Waals surface area contributed by atoms with Gasteiger partial charge in [0.2, 0.25) is 5.91 Å². The van der Waals surface area contributed by atoms with Gasteiger partial charge in [-0.3, -0.25) is 4.79 Å². The molecule has 3 aromatic rings. The van der Waals surface area contributed by atoms with Crippen LogP contribution in [0.4, 0.5) is 9.52 Å². The molecule has 30 heavy (non-hydrogen) atoms. The van der Waals surface area contributed by atoms with E-state index in [1.54, 1.807) is 22.9 Å². The van der Waals surface area contributed by atoms with Crippen molar-refractivity contribution in [2.45, 2.75) is 23.1 Å². The molecule has 1 aliphatic rings. The molecule has 1 aromatic carbocycles. The average molecular weight is 468 g/mol. The molecule has 0 spiro atoms. The van der Waals surface area contributed by atoms with Gasteiger partial charge < -0.3 is 10.1 Å². The van der Waals surface area contributed by atoms with E-state index in [4.69, 9.17) is 4.74 Å². The molecule has 1 aliphatic heterocycles. The smallest absolute Gasteiger partial charge is 0.253 e. The summed E-state index contributed by atoms with van der Waals surface area (Å²) in [6.45, 7) is 0.298. The highest BCUT2D eigenvalue weighted by Crippen LogP contribution is 2.31. The summed E-state index contributed by atoms with van der Waals surface area (Å²) in [5.41, 5.74) is 1.05. The number of hydrogen-bond donors (Lipinski definition) is 1. The van der Waals surface area contributed by atoms with Crippen molar-refractivity contribution in [2.75, 3.05) is 19.0 Å². The van der Waals surface area contributed by atoms with Gasteiger partial charge in [0.1, 0.15) is 10.3 Å². The average Bonchev–Trinajstić information content (AvgIpc) is 3.48. The van der Waals surface area contributed by atoms with Crippen molar-refractivity contribution >= 4 is 43.7 Å². The first-order chi connectivity index (χ1) is 14.4. The molecule has 0 bridgehead atoms. The Morgan fingerprint density at radius 3 is 2.87 bits per heavy atom. The Bertz CT molecular complexity index is 1160. The largest absolute Gasteiger partial charge is 0.494 e. The Labute approximate surface area is 181 Å². The summed E-state index contributed by atoms with van der Waals surface area (Å²) in [6, 6.07) is 6.91. The fourth-order valence-corrected chi connectivity index (χ4v) is 6.79. The van der Waals surface area contributed by atoms with Gasteiger partial charge in [-0.05, 0) is 42.5 Å². The summed E-state index contributed by atoms with van der Waals surface area (Å²) < 4.78 is 46.0. The Balaban J connectivity index is 1.50. The first-order valence-corrected chi connectivity index (χ1v) is 12.3. The number of benzene rings is 1. The molecule has 1 saturated heterocycles. The maximum Gasteiger partial charge on any atom is 0.253 e. The third-order valence-electron chi connectivity index (χ3n) is 4.75. The van der Waals surface area contributed by atoms with Gasteiger partial charge in [0.15, 0.2) is 16.7 Å². The van der Waals surface area contributed by atoms with Crippen molar-refractivity contribution in [1.29, 1.82) is 0 Å². The number of anilines is 1. The first-order valence-electron chi connectivity index (χ1n) is 9.06. The van der Waals surface area contributed by atoms with E-state index in [2.05, 4.69) is 10.3 Å². The van der Waals surface area contributed by atoms with Crippen LogP contribution in [-0.4, -0.2) is 43.3 Å². The Morgan fingerprint density at radius 2 is 2.17 bits per heavy atom. The summed E-state index contributed by atoms with van der Waals surface area (Å²) in [7, 11) is -2.32. The Kier molecular flexibility index (Phi) is 5.87. The number of nitrogens with zero attached hydrogens (tertiary/aromatic N) is 2. The molecule has 1 fully saturated rings. The quantitative estimate of drug-likeness (QED) is 0.596. The van der Waals surface area contributed by atoms with Crippen LogP contribution in [0.1, 0.15) is 12.8 Å². The zero-order valence-electron chi connectivity index (χ0n) is 15.9. The number of halogens is 1. The van der Waals surface area contributed by atoms with Gasteiger partial charge in [0.05, 0.1) is 12.8 Å². The van der Waals surface area contributed by atoms with Crippen LogP contribution in [0.15, 0.2) is 45.3 Å². The Morgan fingerprint density at radius 1 is 1.33 bits per heavy atom. The number of thiophene rings is 1. The predicted molar refractivity (Wildman–Crippen MR) is 114 cm³/mol. The number of thiazole rings is 1. The summed E-state index contributed by atoms with van der Waals surface area (Å²) >= 11 is 2.32. The number of rotatable bonds is 6. The lowest BCUT2D eigenvalue weighted by molar-refractivity contribution is -0.119. The summed E-state index contributed by atoms with van der Waals surface area (Å²) in [5.74, 6) is -0.792. The first kappa shape index (κ1) is 20.9. The maximum atomic E-state index is 13.9. The minimum absolute atomic E-state index is 0.135. The number of hydrogen-bond acceptors (Lipinski definition) is 7. The lowest BCUT2D eigenvalue weighted by atomic mass is 10.1. The number of amides is 1. The zero-order valence-corrected chi connectivity index (χ0v) is 18.3. The molecular formula is C19H18FN3O4S3. The minimum atomic E-state index is -3.71. The van der Waals surface area contributed by atoms with E-state index in [0.717, 1.165) is 11.3 Å². The third-order valence-corrected chi connectivity index (χ3v) is 8.79. The second-order valence-electron chi connectivity index (χ2n) is 6.58. The van der Waals surface area contributed by atoms with E-state index < -0.39 is 27.8 Å². The molecule has 3 heterocycles. The number of ether oxygens (including phenoxy) is 1. The van der Waals surface area contributed by atoms with Crippen LogP contribution in [0.2, 0.25) is 0 Å². The number of nitrogens with one attached hydrogen (secondary N) is 1. The van der Waals surface area contributed by atoms with Crippen molar-refractivity contribution in [1.82, 2.24) is 9.29 Å². The fraction of sp³-hybridized carbons (Fsp3) is 0.263. The number of carbonyl (C=O) groups excluding carboxylic acids is 1. The molecule has 11 heteroatoms. The molecule has 2 aromatic heterocycles. The third kappa shape index (κ3) is 3.97. The van der Waals surface area contributed by atoms with Gasteiger partial charge >= 0.3 is 0 Å². The fourth-order valence-electron chi connectivity index (χ4n) is 3.29. The number of aromatic nitrogens is 1. The van der Waals surface area contributed by atoms with Crippen LogP contribution < -0.4 is 10.1 Å². The van der Waals surface area contributed by atoms with Gasteiger partial charge in [-0.1, -0.05) is 6.07 Å². The van der Waals surface area contributed by atoms with Gasteiger partial charge in [0, 0.05) is 17.5 Å². The van der Waals surface area contributed by atoms with E-state index in [1.165, 1.54) is 41.0 Å². The van der Waals surface area contributed by atoms with Gasteiger partial charge in [-0.25, -0.2) is 17.8 Å². The molecule has 0 saturated carbocycles. The van der Waals surface area contributed by atoms with E-state index in [1.807, 2.05) is 0 Å². The second kappa shape index (κ2) is 8.42. The van der Waals surface area contributed by atoms with Crippen LogP contribution in [0.3, 0.4) is 0 Å². The molecule has 1 atom stereocenters. The van der Waals surface area contributed by atoms with Gasteiger partial charge in [-0.2, -0.15) is 4.31 Å². The summed E-state index contributed by atoms with van der Waals surface area (Å²) in [4.78, 5) is 17.1. The van der Waals surface area contributed by atoms with Crippen LogP contribution in [0.5, 0.6) is 5.75 Å². The number of methoxy groups -OCH3 is 1. The van der Waals surface area contributed by atoms with Crippen LogP contribution in [-0.2, 0) is 14.8 Å². The molecule has 7 nitrogen and oxygen atoms in total. The van der Waals surface area contributed by atoms with Crippen molar-refractivity contribution in [3.8, 4) is 17.0 Å². The highest BCUT2D eigenvalue weighted by molar-refractivity contribution is 7.91. The van der Waals surface area contributed by atoms with E-state index in [0.29, 0.717) is 35.8 Å². The van der Waals surface area contributed by atoms with Crippen LogP contribution in [0, 0.1) is 5.82 Å². The predicted octanol–water partition coefficient (Wildman–Crippen LogP) is 3.81. The molecule has 0 radical (unpaired) electrons. The summed E-state index contributed by atoms with van der Waals surface area (Å²) in [6.07, 6.45) is 1.05. The number of sulfonamides is 1. The highest BCUT2D eigenvalue weighted by Gasteiger charge is 2.40. The SMILES string of the molecule is COc1ccc(-c2csc(NC(=O)C3CCCN3S(=O)(=O)c3cccs3)n2)cc1F. The van der Waals surface area contributed by atoms with Crippen molar-refractivity contribution in [3.05, 3.63) is 46.9 Å². The standard InChI is InChI=1S/C19H18FN3O4S3/c1-27-16-7-6-12(10-13(16)20)14-11-29-19(21-14)22-18(24)15-4-2-8-23(15)30(25,26)17-5-3-9-28-17/h3,5-7,9-11,15H,2,4,8H2,1H3,(H,21,22,24). The molecule has 0 aliphatic carbocycles. The summed E-state index contributed by atoms with van der Waals surface area (Å²) in [5, 5.41) is 6.42. The molecule has 1 unspecified atom stereocenters. The molecular weight excluding hydrogens is 449 g/mol. The van der Waals surface area contributed by atoms with Gasteiger partial charge in [-0.15, -0.1) is 22.7 Å². The van der Waals surface area contributed by atoms with E-state index in [-0.39, 0.29) is 9.96 Å². The number of carbonyl (C=O) groups is 1. The monoisotopic (exact) mass is 467 g/mol. The Hall–Kier alpha value is -2.34. The van der Waals surface area contributed by atoms with E-state index >= 15 is 0 Å². The lowest BCUT2D eigenvalue weighted by Crippen LogP contribution is -2.42. The molecule has 1 N–H and O–H groups in total. The van der Waals surface area contributed by atoms with Crippen molar-refractivity contribution in [2.24, 2.45) is 0 Å². The minimum Gasteiger partial charge on any atom is -0.494 e. The van der Waals surface area contributed by atoms with Crippen molar-refractivity contribution in [3.63, 3.8) is 0 Å². The molecule has 4 rings (SSSR count). The van der Waals surface area contributed by atoms with E-state index in [9.17, 15) is 17.6 Å². The van der Waals surface area contributed by atoms with Gasteiger partial charge in [0.25, 0.3) is 10.0 Å². The van der Waals surface area contributed by atoms with Crippen LogP contribution in [0.25, 0.3) is 11.3 Å².